The number of furan rings is 1. The van der Waals surface area contributed by atoms with E-state index >= 15 is 0 Å². The van der Waals surface area contributed by atoms with Gasteiger partial charge in [0.05, 0.1) is 0 Å². The summed E-state index contributed by atoms with van der Waals surface area (Å²) in [7, 11) is 0. The van der Waals surface area contributed by atoms with Gasteiger partial charge in [-0.2, -0.15) is 0 Å². The smallest absolute Gasteiger partial charge is 0.248 e. The van der Waals surface area contributed by atoms with E-state index in [2.05, 4.69) is 5.32 Å². The van der Waals surface area contributed by atoms with Gasteiger partial charge in [-0.05, 0) is 42.8 Å². The van der Waals surface area contributed by atoms with Crippen LogP contribution >= 0.6 is 0 Å². The maximum atomic E-state index is 11.9. The number of carbonyl (C=O) groups is 1. The van der Waals surface area contributed by atoms with Crippen molar-refractivity contribution in [3.8, 4) is 0 Å². The summed E-state index contributed by atoms with van der Waals surface area (Å²) in [4.78, 5) is 11.9. The number of aryl methyl sites for hydroxylation is 1. The average molecular weight is 277 g/mol. The molecule has 3 nitrogen and oxygen atoms in total. The Kier molecular flexibility index (Phi) is 3.56. The fourth-order valence-corrected chi connectivity index (χ4v) is 2.17. The molecular weight excluding hydrogens is 262 g/mol. The first-order valence-corrected chi connectivity index (χ1v) is 6.75. The maximum absolute atomic E-state index is 11.9. The molecule has 2 aromatic carbocycles. The Balaban J connectivity index is 1.72. The number of carbonyl (C=O) groups excluding carboxylic acids is 1. The van der Waals surface area contributed by atoms with E-state index in [1.54, 1.807) is 6.08 Å². The summed E-state index contributed by atoms with van der Waals surface area (Å²) in [6.07, 6.45) is 3.32. The molecule has 3 rings (SSSR count). The molecule has 0 spiro atoms. The van der Waals surface area contributed by atoms with Gasteiger partial charge >= 0.3 is 0 Å². The summed E-state index contributed by atoms with van der Waals surface area (Å²) in [6, 6.07) is 17.3. The van der Waals surface area contributed by atoms with E-state index in [4.69, 9.17) is 4.42 Å². The van der Waals surface area contributed by atoms with Gasteiger partial charge in [-0.15, -0.1) is 0 Å². The van der Waals surface area contributed by atoms with Crippen LogP contribution in [-0.2, 0) is 4.79 Å². The molecule has 0 saturated carbocycles. The Morgan fingerprint density at radius 2 is 1.90 bits per heavy atom. The second-order valence-electron chi connectivity index (χ2n) is 4.84. The quantitative estimate of drug-likeness (QED) is 0.721. The van der Waals surface area contributed by atoms with Crippen molar-refractivity contribution in [2.24, 2.45) is 0 Å². The molecule has 0 unspecified atom stereocenters. The largest absolute Gasteiger partial charge is 0.461 e. The van der Waals surface area contributed by atoms with Gasteiger partial charge in [0.1, 0.15) is 11.3 Å². The zero-order valence-corrected chi connectivity index (χ0v) is 11.7. The molecule has 0 aliphatic carbocycles. The molecule has 21 heavy (non-hydrogen) atoms. The van der Waals surface area contributed by atoms with E-state index in [9.17, 15) is 4.79 Å². The van der Waals surface area contributed by atoms with Crippen LogP contribution in [0.3, 0.4) is 0 Å². The number of anilines is 1. The zero-order chi connectivity index (χ0) is 14.7. The summed E-state index contributed by atoms with van der Waals surface area (Å²) in [6.45, 7) is 1.90. The normalized spacial score (nSPS) is 11.1. The van der Waals surface area contributed by atoms with E-state index in [1.807, 2.05) is 61.5 Å². The SMILES string of the molecule is Cc1cc2cc(NC(=O)/C=C/c3ccccc3)ccc2o1. The number of benzene rings is 2. The van der Waals surface area contributed by atoms with Gasteiger partial charge in [-0.25, -0.2) is 0 Å². The third kappa shape index (κ3) is 3.20. The van der Waals surface area contributed by atoms with Crippen molar-refractivity contribution >= 4 is 28.6 Å². The van der Waals surface area contributed by atoms with Crippen LogP contribution in [0.25, 0.3) is 17.0 Å². The summed E-state index contributed by atoms with van der Waals surface area (Å²) in [5, 5.41) is 3.83. The zero-order valence-electron chi connectivity index (χ0n) is 11.7. The van der Waals surface area contributed by atoms with E-state index < -0.39 is 0 Å². The maximum Gasteiger partial charge on any atom is 0.248 e. The Bertz CT molecular complexity index is 800. The summed E-state index contributed by atoms with van der Waals surface area (Å²) < 4.78 is 5.51. The number of nitrogens with one attached hydrogen (secondary N) is 1. The lowest BCUT2D eigenvalue weighted by Gasteiger charge is -2.01. The molecule has 0 saturated heterocycles. The van der Waals surface area contributed by atoms with Gasteiger partial charge in [0.15, 0.2) is 0 Å². The lowest BCUT2D eigenvalue weighted by Crippen LogP contribution is -2.07. The molecule has 1 heterocycles. The van der Waals surface area contributed by atoms with Gasteiger partial charge in [-0.3, -0.25) is 4.79 Å². The van der Waals surface area contributed by atoms with Crippen LogP contribution in [-0.4, -0.2) is 5.91 Å². The molecule has 0 radical (unpaired) electrons. The topological polar surface area (TPSA) is 42.2 Å². The second-order valence-corrected chi connectivity index (χ2v) is 4.84. The van der Waals surface area contributed by atoms with Crippen molar-refractivity contribution in [2.45, 2.75) is 6.92 Å². The van der Waals surface area contributed by atoms with E-state index in [0.29, 0.717) is 0 Å². The van der Waals surface area contributed by atoms with Gasteiger partial charge in [0, 0.05) is 17.1 Å². The van der Waals surface area contributed by atoms with Crippen LogP contribution in [0.1, 0.15) is 11.3 Å². The van der Waals surface area contributed by atoms with Crippen LogP contribution in [0, 0.1) is 6.92 Å². The van der Waals surface area contributed by atoms with Crippen LogP contribution in [0.15, 0.2) is 65.1 Å². The van der Waals surface area contributed by atoms with Crippen molar-refractivity contribution in [3.05, 3.63) is 72.0 Å². The number of amides is 1. The fourth-order valence-electron chi connectivity index (χ4n) is 2.17. The molecule has 3 heteroatoms. The third-order valence-corrected chi connectivity index (χ3v) is 3.13. The van der Waals surface area contributed by atoms with E-state index in [0.717, 1.165) is 28.0 Å². The lowest BCUT2D eigenvalue weighted by molar-refractivity contribution is -0.111. The van der Waals surface area contributed by atoms with Gasteiger partial charge in [-0.1, -0.05) is 30.3 Å². The highest BCUT2D eigenvalue weighted by molar-refractivity contribution is 6.02. The van der Waals surface area contributed by atoms with Crippen LogP contribution in [0.5, 0.6) is 0 Å². The van der Waals surface area contributed by atoms with Crippen molar-refractivity contribution in [2.75, 3.05) is 5.32 Å². The standard InChI is InChI=1S/C18H15NO2/c1-13-11-15-12-16(8-9-17(15)21-13)19-18(20)10-7-14-5-3-2-4-6-14/h2-12H,1H3,(H,19,20)/b10-7+. The number of rotatable bonds is 3. The van der Waals surface area contributed by atoms with Gasteiger partial charge in [0.2, 0.25) is 5.91 Å². The molecular formula is C18H15NO2. The first-order chi connectivity index (χ1) is 10.2. The van der Waals surface area contributed by atoms with Gasteiger partial charge < -0.3 is 9.73 Å². The lowest BCUT2D eigenvalue weighted by atomic mass is 10.2. The molecule has 1 aromatic heterocycles. The first-order valence-electron chi connectivity index (χ1n) is 6.75. The predicted molar refractivity (Wildman–Crippen MR) is 85.1 cm³/mol. The molecule has 104 valence electrons. The minimum Gasteiger partial charge on any atom is -0.461 e. The van der Waals surface area contributed by atoms with Crippen LogP contribution < -0.4 is 5.32 Å². The summed E-state index contributed by atoms with van der Waals surface area (Å²) in [5.74, 6) is 0.705. The highest BCUT2D eigenvalue weighted by atomic mass is 16.3. The molecule has 0 atom stereocenters. The Morgan fingerprint density at radius 1 is 1.10 bits per heavy atom. The van der Waals surface area contributed by atoms with Crippen molar-refractivity contribution in [3.63, 3.8) is 0 Å². The Labute approximate surface area is 122 Å². The molecule has 1 N–H and O–H groups in total. The number of hydrogen-bond donors (Lipinski definition) is 1. The predicted octanol–water partition coefficient (Wildman–Crippen LogP) is 4.39. The Hall–Kier alpha value is -2.81. The molecule has 0 fully saturated rings. The van der Waals surface area contributed by atoms with Crippen molar-refractivity contribution in [1.29, 1.82) is 0 Å². The monoisotopic (exact) mass is 277 g/mol. The van der Waals surface area contributed by atoms with Crippen LogP contribution in [0.2, 0.25) is 0 Å². The van der Waals surface area contributed by atoms with E-state index in [-0.39, 0.29) is 5.91 Å². The van der Waals surface area contributed by atoms with Gasteiger partial charge in [0.25, 0.3) is 0 Å². The average Bonchev–Trinajstić information content (AvgIpc) is 2.85. The third-order valence-electron chi connectivity index (χ3n) is 3.13. The number of hydrogen-bond acceptors (Lipinski definition) is 2. The second kappa shape index (κ2) is 5.67. The minimum atomic E-state index is -0.154. The van der Waals surface area contributed by atoms with Crippen LogP contribution in [0.4, 0.5) is 5.69 Å². The van der Waals surface area contributed by atoms with E-state index in [1.165, 1.54) is 6.08 Å². The molecule has 1 amide bonds. The molecule has 0 bridgehead atoms. The fraction of sp³-hybridized carbons (Fsp3) is 0.0556. The highest BCUT2D eigenvalue weighted by Crippen LogP contribution is 2.22. The van der Waals surface area contributed by atoms with Crippen molar-refractivity contribution < 1.29 is 9.21 Å². The minimum absolute atomic E-state index is 0.154. The molecule has 0 aliphatic heterocycles. The molecule has 0 aliphatic rings. The Morgan fingerprint density at radius 3 is 2.71 bits per heavy atom. The summed E-state index contributed by atoms with van der Waals surface area (Å²) in [5.41, 5.74) is 2.57. The highest BCUT2D eigenvalue weighted by Gasteiger charge is 2.03. The molecule has 3 aromatic rings. The van der Waals surface area contributed by atoms with Crippen molar-refractivity contribution in [1.82, 2.24) is 0 Å². The number of fused-ring (bicyclic) bond motifs is 1. The summed E-state index contributed by atoms with van der Waals surface area (Å²) >= 11 is 0. The first kappa shape index (κ1) is 13.2.